The number of hydrogen-bond donors (Lipinski definition) is 2. The molecule has 0 aromatic heterocycles. The molecule has 24 heavy (non-hydrogen) atoms. The van der Waals surface area contributed by atoms with Crippen LogP contribution in [0, 0.1) is 0 Å². The summed E-state index contributed by atoms with van der Waals surface area (Å²) in [6.45, 7) is 1.72. The zero-order chi connectivity index (χ0) is 17.2. The average Bonchev–Trinajstić information content (AvgIpc) is 3.42. The van der Waals surface area contributed by atoms with Crippen LogP contribution in [0.15, 0.2) is 60.7 Å². The molecule has 4 heteroatoms. The molecule has 3 rings (SSSR count). The Kier molecular flexibility index (Phi) is 4.14. The SMILES string of the molecule is CC(CNC(=O)C1(c2ccccc2)CC1)(C(=O)O)c1ccccc1. The van der Waals surface area contributed by atoms with E-state index in [2.05, 4.69) is 5.32 Å². The molecule has 0 saturated heterocycles. The number of hydrogen-bond acceptors (Lipinski definition) is 2. The van der Waals surface area contributed by atoms with E-state index in [0.717, 1.165) is 18.4 Å². The topological polar surface area (TPSA) is 66.4 Å². The first-order valence-electron chi connectivity index (χ1n) is 8.12. The summed E-state index contributed by atoms with van der Waals surface area (Å²) in [5.41, 5.74) is 0.0442. The second-order valence-electron chi connectivity index (χ2n) is 6.63. The minimum atomic E-state index is -1.15. The molecule has 2 aromatic rings. The maximum Gasteiger partial charge on any atom is 0.315 e. The minimum absolute atomic E-state index is 0.0692. The van der Waals surface area contributed by atoms with Crippen molar-refractivity contribution in [3.05, 3.63) is 71.8 Å². The number of carbonyl (C=O) groups excluding carboxylic acids is 1. The van der Waals surface area contributed by atoms with Crippen LogP contribution in [0.2, 0.25) is 0 Å². The van der Waals surface area contributed by atoms with Crippen LogP contribution in [-0.4, -0.2) is 23.5 Å². The first kappa shape index (κ1) is 16.2. The zero-order valence-electron chi connectivity index (χ0n) is 13.7. The van der Waals surface area contributed by atoms with Crippen molar-refractivity contribution in [3.63, 3.8) is 0 Å². The number of amides is 1. The highest BCUT2D eigenvalue weighted by Crippen LogP contribution is 2.48. The van der Waals surface area contributed by atoms with Gasteiger partial charge in [-0.1, -0.05) is 60.7 Å². The monoisotopic (exact) mass is 323 g/mol. The minimum Gasteiger partial charge on any atom is -0.481 e. The molecule has 0 heterocycles. The van der Waals surface area contributed by atoms with Crippen molar-refractivity contribution in [2.45, 2.75) is 30.6 Å². The van der Waals surface area contributed by atoms with Crippen LogP contribution in [0.5, 0.6) is 0 Å². The van der Waals surface area contributed by atoms with Crippen LogP contribution in [0.25, 0.3) is 0 Å². The van der Waals surface area contributed by atoms with Gasteiger partial charge in [0.25, 0.3) is 0 Å². The van der Waals surface area contributed by atoms with Gasteiger partial charge in [0.15, 0.2) is 0 Å². The lowest BCUT2D eigenvalue weighted by Gasteiger charge is -2.27. The molecule has 0 bridgehead atoms. The van der Waals surface area contributed by atoms with Gasteiger partial charge in [-0.3, -0.25) is 9.59 Å². The zero-order valence-corrected chi connectivity index (χ0v) is 13.7. The van der Waals surface area contributed by atoms with Gasteiger partial charge in [0, 0.05) is 6.54 Å². The van der Waals surface area contributed by atoms with Crippen molar-refractivity contribution in [2.75, 3.05) is 6.54 Å². The summed E-state index contributed by atoms with van der Waals surface area (Å²) in [4.78, 5) is 24.5. The quantitative estimate of drug-likeness (QED) is 0.859. The van der Waals surface area contributed by atoms with Gasteiger partial charge >= 0.3 is 5.97 Å². The Morgan fingerprint density at radius 2 is 1.58 bits per heavy atom. The predicted octanol–water partition coefficient (Wildman–Crippen LogP) is 2.88. The molecule has 0 spiro atoms. The number of carboxylic acids is 1. The fraction of sp³-hybridized carbons (Fsp3) is 0.300. The summed E-state index contributed by atoms with van der Waals surface area (Å²) in [6, 6.07) is 18.7. The molecule has 1 fully saturated rings. The summed E-state index contributed by atoms with van der Waals surface area (Å²) in [5, 5.41) is 12.6. The number of carbonyl (C=O) groups is 2. The molecular weight excluding hydrogens is 302 g/mol. The van der Waals surface area contributed by atoms with E-state index in [1.165, 1.54) is 0 Å². The van der Waals surface area contributed by atoms with E-state index in [1.807, 2.05) is 48.5 Å². The molecule has 1 amide bonds. The summed E-state index contributed by atoms with van der Waals surface area (Å²) in [5.74, 6) is -1.03. The Bertz CT molecular complexity index is 738. The summed E-state index contributed by atoms with van der Waals surface area (Å²) in [7, 11) is 0. The fourth-order valence-corrected chi connectivity index (χ4v) is 3.06. The fourth-order valence-electron chi connectivity index (χ4n) is 3.06. The maximum atomic E-state index is 12.7. The van der Waals surface area contributed by atoms with Crippen molar-refractivity contribution in [2.24, 2.45) is 0 Å². The number of carboxylic acid groups (broad SMARTS) is 1. The highest BCUT2D eigenvalue weighted by atomic mass is 16.4. The van der Waals surface area contributed by atoms with Crippen LogP contribution in [0.1, 0.15) is 30.9 Å². The van der Waals surface area contributed by atoms with Gasteiger partial charge in [0.2, 0.25) is 5.91 Å². The molecule has 1 saturated carbocycles. The average molecular weight is 323 g/mol. The lowest BCUT2D eigenvalue weighted by atomic mass is 9.82. The Morgan fingerprint density at radius 1 is 1.04 bits per heavy atom. The predicted molar refractivity (Wildman–Crippen MR) is 91.8 cm³/mol. The number of rotatable bonds is 6. The molecule has 124 valence electrons. The van der Waals surface area contributed by atoms with Gasteiger partial charge in [0.05, 0.1) is 5.41 Å². The second-order valence-corrected chi connectivity index (χ2v) is 6.63. The van der Waals surface area contributed by atoms with Crippen molar-refractivity contribution >= 4 is 11.9 Å². The molecular formula is C20H21NO3. The molecule has 2 aromatic carbocycles. The molecule has 1 unspecified atom stereocenters. The van der Waals surface area contributed by atoms with E-state index in [4.69, 9.17) is 0 Å². The lowest BCUT2D eigenvalue weighted by Crippen LogP contribution is -2.47. The van der Waals surface area contributed by atoms with E-state index >= 15 is 0 Å². The normalized spacial score (nSPS) is 17.5. The number of aliphatic carboxylic acids is 1. The summed E-state index contributed by atoms with van der Waals surface area (Å²) >= 11 is 0. The van der Waals surface area contributed by atoms with Gasteiger partial charge in [-0.05, 0) is 30.9 Å². The molecule has 4 nitrogen and oxygen atoms in total. The highest BCUT2D eigenvalue weighted by molar-refractivity contribution is 5.92. The Labute approximate surface area is 141 Å². The van der Waals surface area contributed by atoms with E-state index < -0.39 is 16.8 Å². The van der Waals surface area contributed by atoms with Crippen molar-refractivity contribution in [1.29, 1.82) is 0 Å². The Balaban J connectivity index is 1.77. The van der Waals surface area contributed by atoms with Gasteiger partial charge in [-0.15, -0.1) is 0 Å². The Morgan fingerprint density at radius 3 is 2.08 bits per heavy atom. The lowest BCUT2D eigenvalue weighted by molar-refractivity contribution is -0.143. The van der Waals surface area contributed by atoms with Crippen LogP contribution in [-0.2, 0) is 20.4 Å². The van der Waals surface area contributed by atoms with Gasteiger partial charge in [0.1, 0.15) is 5.41 Å². The van der Waals surface area contributed by atoms with E-state index in [1.54, 1.807) is 19.1 Å². The third-order valence-corrected chi connectivity index (χ3v) is 5.00. The number of benzene rings is 2. The van der Waals surface area contributed by atoms with Crippen molar-refractivity contribution in [1.82, 2.24) is 5.32 Å². The van der Waals surface area contributed by atoms with Gasteiger partial charge in [-0.2, -0.15) is 0 Å². The first-order valence-corrected chi connectivity index (χ1v) is 8.12. The van der Waals surface area contributed by atoms with Crippen LogP contribution in [0.3, 0.4) is 0 Å². The van der Waals surface area contributed by atoms with E-state index in [-0.39, 0.29) is 12.5 Å². The molecule has 1 aliphatic rings. The second kappa shape index (κ2) is 6.11. The first-order chi connectivity index (χ1) is 11.5. The molecule has 1 aliphatic carbocycles. The van der Waals surface area contributed by atoms with Crippen LogP contribution in [0.4, 0.5) is 0 Å². The molecule has 2 N–H and O–H groups in total. The van der Waals surface area contributed by atoms with Crippen molar-refractivity contribution in [3.8, 4) is 0 Å². The highest BCUT2D eigenvalue weighted by Gasteiger charge is 2.51. The smallest absolute Gasteiger partial charge is 0.315 e. The third-order valence-electron chi connectivity index (χ3n) is 5.00. The van der Waals surface area contributed by atoms with E-state index in [9.17, 15) is 14.7 Å². The molecule has 0 aliphatic heterocycles. The maximum absolute atomic E-state index is 12.7. The van der Waals surface area contributed by atoms with Gasteiger partial charge in [-0.25, -0.2) is 0 Å². The number of nitrogens with one attached hydrogen (secondary N) is 1. The standard InChI is InChI=1S/C20H21NO3/c1-19(18(23)24,15-8-4-2-5-9-15)14-21-17(22)20(12-13-20)16-10-6-3-7-11-16/h2-11H,12-14H2,1H3,(H,21,22)(H,23,24). The van der Waals surface area contributed by atoms with Crippen LogP contribution < -0.4 is 5.32 Å². The van der Waals surface area contributed by atoms with Crippen LogP contribution >= 0.6 is 0 Å². The molecule has 1 atom stereocenters. The summed E-state index contributed by atoms with van der Waals surface area (Å²) in [6.07, 6.45) is 1.61. The Hall–Kier alpha value is -2.62. The molecule has 0 radical (unpaired) electrons. The van der Waals surface area contributed by atoms with Gasteiger partial charge < -0.3 is 10.4 Å². The van der Waals surface area contributed by atoms with E-state index in [0.29, 0.717) is 5.56 Å². The third kappa shape index (κ3) is 2.80. The largest absolute Gasteiger partial charge is 0.481 e. The summed E-state index contributed by atoms with van der Waals surface area (Å²) < 4.78 is 0. The van der Waals surface area contributed by atoms with Crippen molar-refractivity contribution < 1.29 is 14.7 Å².